The maximum Gasteiger partial charge on any atom is 0.0871 e. The zero-order valence-corrected chi connectivity index (χ0v) is 11.7. The van der Waals surface area contributed by atoms with Gasteiger partial charge in [-0.15, -0.1) is 0 Å². The van der Waals surface area contributed by atoms with Gasteiger partial charge in [0.2, 0.25) is 0 Å². The van der Waals surface area contributed by atoms with Gasteiger partial charge in [-0.1, -0.05) is 42.5 Å². The van der Waals surface area contributed by atoms with E-state index < -0.39 is 6.10 Å². The number of hydrogen-bond donors (Lipinski definition) is 2. The fourth-order valence-corrected chi connectivity index (χ4v) is 2.68. The minimum atomic E-state index is -0.626. The van der Waals surface area contributed by atoms with Crippen LogP contribution in [0.4, 0.5) is 0 Å². The molecule has 3 aromatic rings. The lowest BCUT2D eigenvalue weighted by atomic mass is 9.88. The van der Waals surface area contributed by atoms with Gasteiger partial charge in [-0.25, -0.2) is 0 Å². The number of aliphatic hydroxyl groups is 1. The van der Waals surface area contributed by atoms with Crippen molar-refractivity contribution in [1.29, 1.82) is 0 Å². The summed E-state index contributed by atoms with van der Waals surface area (Å²) < 4.78 is 0. The van der Waals surface area contributed by atoms with E-state index in [1.165, 1.54) is 5.39 Å². The Kier molecular flexibility index (Phi) is 3.95. The molecule has 0 radical (unpaired) electrons. The monoisotopic (exact) mass is 278 g/mol. The SMILES string of the molecule is NCC(c1ccc2ccccc2c1)C(O)c1ccncc1. The Morgan fingerprint density at radius 3 is 2.33 bits per heavy atom. The van der Waals surface area contributed by atoms with Crippen LogP contribution in [0, 0.1) is 0 Å². The highest BCUT2D eigenvalue weighted by Crippen LogP contribution is 2.31. The minimum Gasteiger partial charge on any atom is -0.388 e. The van der Waals surface area contributed by atoms with Gasteiger partial charge in [0.05, 0.1) is 6.10 Å². The second kappa shape index (κ2) is 6.04. The van der Waals surface area contributed by atoms with Gasteiger partial charge >= 0.3 is 0 Å². The number of benzene rings is 2. The first-order chi connectivity index (χ1) is 10.3. The summed E-state index contributed by atoms with van der Waals surface area (Å²) in [6, 6.07) is 18.1. The first-order valence-corrected chi connectivity index (χ1v) is 7.06. The standard InChI is InChI=1S/C18H18N2O/c19-12-17(18(21)14-7-9-20-10-8-14)16-6-5-13-3-1-2-4-15(13)11-16/h1-11,17-18,21H,12,19H2. The molecule has 0 spiro atoms. The number of hydrogen-bond acceptors (Lipinski definition) is 3. The molecule has 0 aliphatic carbocycles. The molecule has 2 aromatic carbocycles. The van der Waals surface area contributed by atoms with Crippen LogP contribution < -0.4 is 5.73 Å². The topological polar surface area (TPSA) is 59.1 Å². The highest BCUT2D eigenvalue weighted by atomic mass is 16.3. The summed E-state index contributed by atoms with van der Waals surface area (Å²) in [5, 5.41) is 13.0. The molecule has 3 heteroatoms. The highest BCUT2D eigenvalue weighted by Gasteiger charge is 2.21. The molecule has 0 bridgehead atoms. The molecule has 1 heterocycles. The average molecular weight is 278 g/mol. The second-order valence-corrected chi connectivity index (χ2v) is 5.17. The van der Waals surface area contributed by atoms with Gasteiger partial charge in [-0.2, -0.15) is 0 Å². The molecule has 3 rings (SSSR count). The summed E-state index contributed by atoms with van der Waals surface area (Å²) in [6.45, 7) is 0.391. The number of nitrogens with two attached hydrogens (primary N) is 1. The van der Waals surface area contributed by atoms with Crippen LogP contribution in [0.2, 0.25) is 0 Å². The van der Waals surface area contributed by atoms with Crippen LogP contribution in [0.5, 0.6) is 0 Å². The summed E-state index contributed by atoms with van der Waals surface area (Å²) in [5.41, 5.74) is 7.81. The first kappa shape index (κ1) is 13.7. The molecule has 2 unspecified atom stereocenters. The van der Waals surface area contributed by atoms with Crippen molar-refractivity contribution in [2.45, 2.75) is 12.0 Å². The van der Waals surface area contributed by atoms with Crippen molar-refractivity contribution in [3.05, 3.63) is 78.1 Å². The average Bonchev–Trinajstić information content (AvgIpc) is 2.56. The Bertz CT molecular complexity index is 727. The Morgan fingerprint density at radius 2 is 1.62 bits per heavy atom. The molecule has 0 saturated heterocycles. The summed E-state index contributed by atoms with van der Waals surface area (Å²) in [4.78, 5) is 3.98. The quantitative estimate of drug-likeness (QED) is 0.771. The smallest absolute Gasteiger partial charge is 0.0871 e. The number of aromatic nitrogens is 1. The van der Waals surface area contributed by atoms with E-state index in [2.05, 4.69) is 29.2 Å². The number of nitrogens with zero attached hydrogens (tertiary/aromatic N) is 1. The third-order valence-electron chi connectivity index (χ3n) is 3.88. The molecule has 21 heavy (non-hydrogen) atoms. The van der Waals surface area contributed by atoms with Gasteiger partial charge in [-0.05, 0) is 34.0 Å². The highest BCUT2D eigenvalue weighted by molar-refractivity contribution is 5.83. The molecular formula is C18H18N2O. The molecule has 3 N–H and O–H groups in total. The van der Waals surface area contributed by atoms with Crippen LogP contribution >= 0.6 is 0 Å². The first-order valence-electron chi connectivity index (χ1n) is 7.06. The van der Waals surface area contributed by atoms with Crippen LogP contribution in [-0.2, 0) is 0 Å². The van der Waals surface area contributed by atoms with E-state index >= 15 is 0 Å². The maximum absolute atomic E-state index is 10.6. The lowest BCUT2D eigenvalue weighted by Gasteiger charge is -2.22. The fraction of sp³-hybridized carbons (Fsp3) is 0.167. The van der Waals surface area contributed by atoms with Crippen molar-refractivity contribution >= 4 is 10.8 Å². The van der Waals surface area contributed by atoms with Gasteiger partial charge in [0.15, 0.2) is 0 Å². The fourth-order valence-electron chi connectivity index (χ4n) is 2.68. The zero-order chi connectivity index (χ0) is 14.7. The number of fused-ring (bicyclic) bond motifs is 1. The molecule has 0 amide bonds. The summed E-state index contributed by atoms with van der Waals surface area (Å²) in [6.07, 6.45) is 2.75. The van der Waals surface area contributed by atoms with E-state index in [0.29, 0.717) is 6.54 Å². The van der Waals surface area contributed by atoms with Gasteiger partial charge in [-0.3, -0.25) is 4.98 Å². The van der Waals surface area contributed by atoms with E-state index in [1.807, 2.05) is 30.3 Å². The Morgan fingerprint density at radius 1 is 0.905 bits per heavy atom. The van der Waals surface area contributed by atoms with Crippen LogP contribution in [0.1, 0.15) is 23.1 Å². The van der Waals surface area contributed by atoms with Crippen molar-refractivity contribution < 1.29 is 5.11 Å². The molecule has 0 aliphatic rings. The van der Waals surface area contributed by atoms with Crippen molar-refractivity contribution in [2.75, 3.05) is 6.54 Å². The predicted molar refractivity (Wildman–Crippen MR) is 84.9 cm³/mol. The molecule has 0 fully saturated rings. The summed E-state index contributed by atoms with van der Waals surface area (Å²) in [5.74, 6) is -0.128. The predicted octanol–water partition coefficient (Wildman–Crippen LogP) is 3.01. The minimum absolute atomic E-state index is 0.128. The van der Waals surface area contributed by atoms with Gasteiger partial charge in [0.1, 0.15) is 0 Å². The van der Waals surface area contributed by atoms with Crippen molar-refractivity contribution in [3.63, 3.8) is 0 Å². The second-order valence-electron chi connectivity index (χ2n) is 5.17. The molecule has 106 valence electrons. The molecule has 3 nitrogen and oxygen atoms in total. The van der Waals surface area contributed by atoms with Crippen LogP contribution in [-0.4, -0.2) is 16.6 Å². The summed E-state index contributed by atoms with van der Waals surface area (Å²) in [7, 11) is 0. The third kappa shape index (κ3) is 2.79. The van der Waals surface area contributed by atoms with E-state index in [0.717, 1.165) is 16.5 Å². The number of aliphatic hydroxyl groups excluding tert-OH is 1. The lowest BCUT2D eigenvalue weighted by molar-refractivity contribution is 0.147. The maximum atomic E-state index is 10.6. The molecule has 1 aromatic heterocycles. The van der Waals surface area contributed by atoms with Crippen molar-refractivity contribution in [2.24, 2.45) is 5.73 Å². The van der Waals surface area contributed by atoms with Gasteiger partial charge < -0.3 is 10.8 Å². The lowest BCUT2D eigenvalue weighted by Crippen LogP contribution is -2.20. The Hall–Kier alpha value is -2.23. The van der Waals surface area contributed by atoms with Crippen LogP contribution in [0.3, 0.4) is 0 Å². The molecule has 0 aliphatic heterocycles. The Labute approximate surface area is 124 Å². The third-order valence-corrected chi connectivity index (χ3v) is 3.88. The van der Waals surface area contributed by atoms with E-state index in [1.54, 1.807) is 12.4 Å². The zero-order valence-electron chi connectivity index (χ0n) is 11.7. The normalized spacial score (nSPS) is 14.0. The molecular weight excluding hydrogens is 260 g/mol. The summed E-state index contributed by atoms with van der Waals surface area (Å²) >= 11 is 0. The number of pyridine rings is 1. The Balaban J connectivity index is 1.98. The van der Waals surface area contributed by atoms with Gasteiger partial charge in [0, 0.05) is 24.9 Å². The van der Waals surface area contributed by atoms with Crippen LogP contribution in [0.15, 0.2) is 67.0 Å². The van der Waals surface area contributed by atoms with Crippen molar-refractivity contribution in [1.82, 2.24) is 4.98 Å². The molecule has 2 atom stereocenters. The number of rotatable bonds is 4. The van der Waals surface area contributed by atoms with E-state index in [-0.39, 0.29) is 5.92 Å². The largest absolute Gasteiger partial charge is 0.388 e. The van der Waals surface area contributed by atoms with Gasteiger partial charge in [0.25, 0.3) is 0 Å². The molecule has 0 saturated carbocycles. The van der Waals surface area contributed by atoms with Crippen LogP contribution in [0.25, 0.3) is 10.8 Å². The van der Waals surface area contributed by atoms with E-state index in [4.69, 9.17) is 5.73 Å². The van der Waals surface area contributed by atoms with Crippen molar-refractivity contribution in [3.8, 4) is 0 Å². The van der Waals surface area contributed by atoms with E-state index in [9.17, 15) is 5.11 Å².